The molecule has 3 heterocycles. The van der Waals surface area contributed by atoms with Crippen LogP contribution in [0.5, 0.6) is 0 Å². The van der Waals surface area contributed by atoms with E-state index in [0.717, 1.165) is 37.9 Å². The molecule has 0 spiro atoms. The van der Waals surface area contributed by atoms with Crippen LogP contribution in [-0.2, 0) is 5.41 Å². The van der Waals surface area contributed by atoms with Crippen molar-refractivity contribution in [1.82, 2.24) is 14.5 Å². The molecule has 0 bridgehead atoms. The average Bonchev–Trinajstić information content (AvgIpc) is 3.80. The molecule has 0 radical (unpaired) electrons. The van der Waals surface area contributed by atoms with Crippen molar-refractivity contribution in [1.29, 1.82) is 0 Å². The first-order valence-electron chi connectivity index (χ1n) is 17.5. The molecule has 0 atom stereocenters. The molecule has 10 aromatic rings. The van der Waals surface area contributed by atoms with E-state index in [1.165, 1.54) is 59.6 Å². The van der Waals surface area contributed by atoms with Gasteiger partial charge in [-0.3, -0.25) is 4.57 Å². The van der Waals surface area contributed by atoms with E-state index >= 15 is 0 Å². The Balaban J connectivity index is 1.27. The number of aromatic nitrogens is 3. The van der Waals surface area contributed by atoms with Gasteiger partial charge in [-0.25, -0.2) is 9.97 Å². The zero-order valence-corrected chi connectivity index (χ0v) is 29.0. The Morgan fingerprint density at radius 2 is 1.27 bits per heavy atom. The minimum Gasteiger partial charge on any atom is -0.277 e. The molecule has 1 aliphatic rings. The second-order valence-corrected chi connectivity index (χ2v) is 15.2. The van der Waals surface area contributed by atoms with E-state index in [1.54, 1.807) is 11.3 Å². The van der Waals surface area contributed by atoms with Crippen molar-refractivity contribution in [2.24, 2.45) is 0 Å². The van der Waals surface area contributed by atoms with Crippen LogP contribution in [0, 0.1) is 0 Å². The van der Waals surface area contributed by atoms with E-state index in [4.69, 9.17) is 9.97 Å². The van der Waals surface area contributed by atoms with Crippen LogP contribution in [0.4, 0.5) is 0 Å². The maximum atomic E-state index is 5.49. The van der Waals surface area contributed by atoms with Crippen LogP contribution < -0.4 is 0 Å². The summed E-state index contributed by atoms with van der Waals surface area (Å²) in [6, 6.07) is 55.0. The van der Waals surface area contributed by atoms with Crippen molar-refractivity contribution in [3.8, 4) is 39.5 Å². The van der Waals surface area contributed by atoms with Gasteiger partial charge in [-0.15, -0.1) is 11.3 Å². The maximum absolute atomic E-state index is 5.49. The number of hydrogen-bond donors (Lipinski definition) is 0. The summed E-state index contributed by atoms with van der Waals surface area (Å²) >= 11 is 1.77. The lowest BCUT2D eigenvalue weighted by Gasteiger charge is -2.22. The van der Waals surface area contributed by atoms with Gasteiger partial charge in [0.05, 0.1) is 26.9 Å². The van der Waals surface area contributed by atoms with Crippen LogP contribution in [0.25, 0.3) is 92.3 Å². The van der Waals surface area contributed by atoms with E-state index in [1.807, 2.05) is 0 Å². The van der Waals surface area contributed by atoms with Gasteiger partial charge >= 0.3 is 0 Å². The lowest BCUT2D eigenvalue weighted by molar-refractivity contribution is 0.660. The third-order valence-electron chi connectivity index (χ3n) is 11.0. The van der Waals surface area contributed by atoms with Crippen LogP contribution in [0.15, 0.2) is 152 Å². The van der Waals surface area contributed by atoms with E-state index in [-0.39, 0.29) is 5.41 Å². The highest BCUT2D eigenvalue weighted by Crippen LogP contribution is 2.50. The van der Waals surface area contributed by atoms with E-state index < -0.39 is 0 Å². The quantitative estimate of drug-likeness (QED) is 0.187. The molecular formula is C47H31N3S. The summed E-state index contributed by atoms with van der Waals surface area (Å²) in [5.74, 6) is 0.682. The first-order valence-corrected chi connectivity index (χ1v) is 18.3. The summed E-state index contributed by atoms with van der Waals surface area (Å²) in [5, 5.41) is 6.02. The van der Waals surface area contributed by atoms with Gasteiger partial charge in [-0.05, 0) is 56.8 Å². The van der Waals surface area contributed by atoms with Gasteiger partial charge in [0.2, 0.25) is 5.95 Å². The van der Waals surface area contributed by atoms with Crippen LogP contribution >= 0.6 is 11.3 Å². The Kier molecular flexibility index (Phi) is 5.89. The third kappa shape index (κ3) is 3.99. The lowest BCUT2D eigenvalue weighted by atomic mass is 9.81. The van der Waals surface area contributed by atoms with Gasteiger partial charge < -0.3 is 0 Å². The van der Waals surface area contributed by atoms with Crippen molar-refractivity contribution in [3.05, 3.63) is 163 Å². The van der Waals surface area contributed by atoms with Crippen molar-refractivity contribution < 1.29 is 0 Å². The zero-order valence-electron chi connectivity index (χ0n) is 28.2. The van der Waals surface area contributed by atoms with Gasteiger partial charge in [0.15, 0.2) is 0 Å². The first kappa shape index (κ1) is 28.7. The van der Waals surface area contributed by atoms with Crippen LogP contribution in [0.2, 0.25) is 0 Å². The molecule has 11 rings (SSSR count). The summed E-state index contributed by atoms with van der Waals surface area (Å²) in [7, 11) is 0. The molecule has 0 unspecified atom stereocenters. The van der Waals surface area contributed by atoms with E-state index in [2.05, 4.69) is 170 Å². The van der Waals surface area contributed by atoms with Gasteiger partial charge in [-0.1, -0.05) is 147 Å². The topological polar surface area (TPSA) is 30.7 Å². The maximum Gasteiger partial charge on any atom is 0.235 e. The smallest absolute Gasteiger partial charge is 0.235 e. The van der Waals surface area contributed by atoms with Gasteiger partial charge in [0.25, 0.3) is 0 Å². The second kappa shape index (κ2) is 10.5. The molecule has 0 saturated heterocycles. The minimum atomic E-state index is -0.0997. The summed E-state index contributed by atoms with van der Waals surface area (Å²) in [4.78, 5) is 11.0. The molecule has 0 fully saturated rings. The van der Waals surface area contributed by atoms with Crippen molar-refractivity contribution >= 4 is 64.2 Å². The Hall–Kier alpha value is -6.10. The number of hydrogen-bond acceptors (Lipinski definition) is 3. The zero-order chi connectivity index (χ0) is 33.8. The van der Waals surface area contributed by atoms with E-state index in [9.17, 15) is 0 Å². The lowest BCUT2D eigenvalue weighted by Crippen LogP contribution is -2.14. The highest BCUT2D eigenvalue weighted by molar-refractivity contribution is 7.26. The first-order chi connectivity index (χ1) is 25.1. The molecule has 51 heavy (non-hydrogen) atoms. The number of rotatable bonds is 3. The van der Waals surface area contributed by atoms with Crippen LogP contribution in [0.1, 0.15) is 25.0 Å². The van der Waals surface area contributed by atoms with Gasteiger partial charge in [-0.2, -0.15) is 0 Å². The van der Waals surface area contributed by atoms with Crippen molar-refractivity contribution in [2.45, 2.75) is 19.3 Å². The molecule has 1 aliphatic carbocycles. The van der Waals surface area contributed by atoms with Gasteiger partial charge in [0.1, 0.15) is 0 Å². The number of benzene rings is 7. The highest BCUT2D eigenvalue weighted by atomic mass is 32.1. The standard InChI is InChI=1S/C47H31N3S/c1-47(2)37-21-10-8-17-33(37)34-25-23-30(27-38(34)47)32-19-12-20-36-41-31-16-7-6-13-28(31)24-26-39(41)50(44(32)36)46-48-42(29-14-4-3-5-15-29)45-43(49-46)35-18-9-11-22-40(35)51-45/h3-27H,1-2H3. The minimum absolute atomic E-state index is 0.0997. The second-order valence-electron chi connectivity index (χ2n) is 14.2. The molecule has 3 aromatic heterocycles. The highest BCUT2D eigenvalue weighted by Gasteiger charge is 2.35. The molecule has 0 N–H and O–H groups in total. The monoisotopic (exact) mass is 669 g/mol. The van der Waals surface area contributed by atoms with Gasteiger partial charge in [0, 0.05) is 37.4 Å². The normalized spacial score (nSPS) is 13.5. The molecule has 0 aliphatic heterocycles. The summed E-state index contributed by atoms with van der Waals surface area (Å²) in [5.41, 5.74) is 12.9. The Bertz CT molecular complexity index is 3060. The molecular weight excluding hydrogens is 639 g/mol. The third-order valence-corrected chi connectivity index (χ3v) is 12.2. The fraction of sp³-hybridized carbons (Fsp3) is 0.0638. The van der Waals surface area contributed by atoms with E-state index in [0.29, 0.717) is 5.95 Å². The van der Waals surface area contributed by atoms with Crippen LogP contribution in [-0.4, -0.2) is 14.5 Å². The summed E-state index contributed by atoms with van der Waals surface area (Å²) < 4.78 is 4.66. The number of para-hydroxylation sites is 1. The summed E-state index contributed by atoms with van der Waals surface area (Å²) in [6.45, 7) is 4.70. The predicted octanol–water partition coefficient (Wildman–Crippen LogP) is 12.7. The number of fused-ring (bicyclic) bond motifs is 11. The van der Waals surface area contributed by atoms with Crippen LogP contribution in [0.3, 0.4) is 0 Å². The molecule has 0 amide bonds. The fourth-order valence-electron chi connectivity index (χ4n) is 8.62. The van der Waals surface area contributed by atoms with Crippen molar-refractivity contribution in [3.63, 3.8) is 0 Å². The molecule has 7 aromatic carbocycles. The SMILES string of the molecule is CC1(C)c2ccccc2-c2ccc(-c3cccc4c5c6ccccc6ccc5n(-c5nc(-c6ccccc6)c6sc7ccccc7c6n5)c34)cc21. The fourth-order valence-corrected chi connectivity index (χ4v) is 9.77. The predicted molar refractivity (Wildman–Crippen MR) is 215 cm³/mol. The van der Waals surface area contributed by atoms with Crippen molar-refractivity contribution in [2.75, 3.05) is 0 Å². The average molecular weight is 670 g/mol. The molecule has 0 saturated carbocycles. The largest absolute Gasteiger partial charge is 0.277 e. The Morgan fingerprint density at radius 3 is 2.18 bits per heavy atom. The molecule has 4 heteroatoms. The number of nitrogens with zero attached hydrogens (tertiary/aromatic N) is 3. The molecule has 240 valence electrons. The Morgan fingerprint density at radius 1 is 0.549 bits per heavy atom. The summed E-state index contributed by atoms with van der Waals surface area (Å²) in [6.07, 6.45) is 0. The number of thiophene rings is 1. The Labute approximate surface area is 299 Å². The molecule has 3 nitrogen and oxygen atoms in total.